The highest BCUT2D eigenvalue weighted by molar-refractivity contribution is 6.56. The Morgan fingerprint density at radius 1 is 1.21 bits per heavy atom. The van der Waals surface area contributed by atoms with Crippen LogP contribution >= 0.6 is 0 Å². The molecular formula is C20H25BFNO5. The van der Waals surface area contributed by atoms with Gasteiger partial charge in [-0.2, -0.15) is 0 Å². The molecule has 2 N–H and O–H groups in total. The third-order valence-corrected chi connectivity index (χ3v) is 4.88. The van der Waals surface area contributed by atoms with E-state index in [9.17, 15) is 14.0 Å². The number of carboxylic acids is 1. The Bertz CT molecular complexity index is 816. The van der Waals surface area contributed by atoms with Gasteiger partial charge >= 0.3 is 13.1 Å². The largest absolute Gasteiger partial charge is 0.492 e. The molecule has 150 valence electrons. The second-order valence-corrected chi connectivity index (χ2v) is 7.67. The molecule has 28 heavy (non-hydrogen) atoms. The maximum Gasteiger partial charge on any atom is 0.492 e. The molecular weight excluding hydrogens is 364 g/mol. The fourth-order valence-corrected chi connectivity index (χ4v) is 2.58. The molecule has 8 heteroatoms. The Labute approximate surface area is 164 Å². The monoisotopic (exact) mass is 389 g/mol. The summed E-state index contributed by atoms with van der Waals surface area (Å²) in [6, 6.07) is 4.34. The van der Waals surface area contributed by atoms with Crippen molar-refractivity contribution in [3.63, 3.8) is 0 Å². The van der Waals surface area contributed by atoms with Gasteiger partial charge in [0.25, 0.3) is 0 Å². The van der Waals surface area contributed by atoms with Gasteiger partial charge in [-0.25, -0.2) is 9.18 Å². The Kier molecular flexibility index (Phi) is 6.46. The highest BCUT2D eigenvalue weighted by atomic mass is 19.1. The minimum absolute atomic E-state index is 0.143. The topological polar surface area (TPSA) is 84.9 Å². The van der Waals surface area contributed by atoms with Crippen LogP contribution in [0.15, 0.2) is 29.7 Å². The number of nitrogens with one attached hydrogen (secondary N) is 1. The summed E-state index contributed by atoms with van der Waals surface area (Å²) in [4.78, 5) is 22.1. The van der Waals surface area contributed by atoms with Crippen molar-refractivity contribution in [3.8, 4) is 0 Å². The van der Waals surface area contributed by atoms with E-state index in [0.717, 1.165) is 6.08 Å². The molecule has 0 unspecified atom stereocenters. The summed E-state index contributed by atoms with van der Waals surface area (Å²) >= 11 is 0. The van der Waals surface area contributed by atoms with E-state index in [0.29, 0.717) is 11.0 Å². The van der Waals surface area contributed by atoms with E-state index in [1.54, 1.807) is 12.1 Å². The Balaban J connectivity index is 2.38. The maximum atomic E-state index is 13.9. The molecule has 0 aliphatic carbocycles. The molecule has 0 spiro atoms. The van der Waals surface area contributed by atoms with Gasteiger partial charge in [0.1, 0.15) is 5.82 Å². The van der Waals surface area contributed by atoms with Gasteiger partial charge in [0, 0.05) is 25.1 Å². The summed E-state index contributed by atoms with van der Waals surface area (Å²) in [7, 11) is -0.681. The first kappa shape index (κ1) is 21.9. The van der Waals surface area contributed by atoms with Crippen molar-refractivity contribution in [2.24, 2.45) is 0 Å². The van der Waals surface area contributed by atoms with Gasteiger partial charge in [-0.05, 0) is 56.9 Å². The van der Waals surface area contributed by atoms with E-state index in [2.05, 4.69) is 5.32 Å². The third kappa shape index (κ3) is 5.30. The van der Waals surface area contributed by atoms with E-state index in [1.807, 2.05) is 27.7 Å². The normalized spacial score (nSPS) is 18.5. The number of carbonyl (C=O) groups is 2. The second-order valence-electron chi connectivity index (χ2n) is 7.67. The summed E-state index contributed by atoms with van der Waals surface area (Å²) in [5.41, 5.74) is 0.329. The van der Waals surface area contributed by atoms with Crippen LogP contribution in [0.1, 0.15) is 45.7 Å². The van der Waals surface area contributed by atoms with Crippen LogP contribution in [0.5, 0.6) is 0 Å². The Morgan fingerprint density at radius 2 is 1.82 bits per heavy atom. The SMILES string of the molecule is CC(=O)NCC(=Cc1ccc(F)c(/C=C/C(=O)O)c1)B1OC(C)(C)C(C)(C)O1. The lowest BCUT2D eigenvalue weighted by molar-refractivity contribution is -0.131. The lowest BCUT2D eigenvalue weighted by Gasteiger charge is -2.32. The molecule has 1 amide bonds. The molecule has 0 radical (unpaired) electrons. The van der Waals surface area contributed by atoms with Crippen molar-refractivity contribution >= 4 is 31.1 Å². The number of amides is 1. The zero-order valence-electron chi connectivity index (χ0n) is 16.7. The fourth-order valence-electron chi connectivity index (χ4n) is 2.58. The molecule has 0 aromatic heterocycles. The van der Waals surface area contributed by atoms with Crippen molar-refractivity contribution < 1.29 is 28.4 Å². The molecule has 2 rings (SSSR count). The predicted octanol–water partition coefficient (Wildman–Crippen LogP) is 3.07. The van der Waals surface area contributed by atoms with Crippen LogP contribution in [0.3, 0.4) is 0 Å². The van der Waals surface area contributed by atoms with Crippen molar-refractivity contribution in [3.05, 3.63) is 46.7 Å². The minimum atomic E-state index is -1.16. The quantitative estimate of drug-likeness (QED) is 0.577. The van der Waals surface area contributed by atoms with Gasteiger partial charge in [0.15, 0.2) is 0 Å². The molecule has 1 aliphatic rings. The third-order valence-electron chi connectivity index (χ3n) is 4.88. The number of aliphatic carboxylic acids is 1. The van der Waals surface area contributed by atoms with Gasteiger partial charge in [0.05, 0.1) is 11.2 Å². The zero-order chi connectivity index (χ0) is 21.1. The number of benzene rings is 1. The van der Waals surface area contributed by atoms with E-state index < -0.39 is 30.1 Å². The van der Waals surface area contributed by atoms with Crippen molar-refractivity contribution in [2.75, 3.05) is 6.54 Å². The zero-order valence-corrected chi connectivity index (χ0v) is 16.7. The summed E-state index contributed by atoms with van der Waals surface area (Å²) in [6.45, 7) is 9.31. The molecule has 1 aliphatic heterocycles. The average molecular weight is 389 g/mol. The van der Waals surface area contributed by atoms with E-state index in [4.69, 9.17) is 14.4 Å². The molecule has 0 saturated carbocycles. The molecule has 1 aromatic rings. The first-order chi connectivity index (χ1) is 12.9. The van der Waals surface area contributed by atoms with Gasteiger partial charge in [0.2, 0.25) is 5.91 Å². The minimum Gasteiger partial charge on any atom is -0.478 e. The van der Waals surface area contributed by atoms with Gasteiger partial charge < -0.3 is 19.7 Å². The summed E-state index contributed by atoms with van der Waals surface area (Å²) in [5, 5.41) is 11.5. The van der Waals surface area contributed by atoms with Crippen molar-refractivity contribution in [2.45, 2.75) is 45.8 Å². The Hall–Kier alpha value is -2.45. The fraction of sp³-hybridized carbons (Fsp3) is 0.400. The van der Waals surface area contributed by atoms with E-state index in [-0.39, 0.29) is 18.0 Å². The highest BCUT2D eigenvalue weighted by Crippen LogP contribution is 2.38. The summed E-state index contributed by atoms with van der Waals surface area (Å²) < 4.78 is 26.1. The summed E-state index contributed by atoms with van der Waals surface area (Å²) in [5.74, 6) is -1.90. The second kappa shape index (κ2) is 8.28. The number of carboxylic acid groups (broad SMARTS) is 1. The standard InChI is InChI=1S/C20H25BFNO5/c1-13(24)23-12-16(21-27-19(2,3)20(4,5)28-21)11-14-6-8-17(22)15(10-14)7-9-18(25)26/h6-11H,12H2,1-5H3,(H,23,24)(H,25,26)/b9-7+,16-11?. The van der Waals surface area contributed by atoms with Gasteiger partial charge in [-0.15, -0.1) is 0 Å². The molecule has 1 saturated heterocycles. The van der Waals surface area contributed by atoms with Crippen molar-refractivity contribution in [1.29, 1.82) is 0 Å². The molecule has 6 nitrogen and oxygen atoms in total. The Morgan fingerprint density at radius 3 is 2.36 bits per heavy atom. The molecule has 0 bridgehead atoms. The number of rotatable bonds is 6. The van der Waals surface area contributed by atoms with E-state index in [1.165, 1.54) is 25.1 Å². The van der Waals surface area contributed by atoms with Crippen LogP contribution in [-0.2, 0) is 18.9 Å². The summed E-state index contributed by atoms with van der Waals surface area (Å²) in [6.07, 6.45) is 3.81. The van der Waals surface area contributed by atoms with Crippen molar-refractivity contribution in [1.82, 2.24) is 5.32 Å². The van der Waals surface area contributed by atoms with Crippen LogP contribution in [0.2, 0.25) is 0 Å². The van der Waals surface area contributed by atoms with Crippen LogP contribution in [-0.4, -0.2) is 41.8 Å². The highest BCUT2D eigenvalue weighted by Gasteiger charge is 2.52. The number of carbonyl (C=O) groups excluding carboxylic acids is 1. The molecule has 1 aromatic carbocycles. The van der Waals surface area contributed by atoms with Gasteiger partial charge in [-0.3, -0.25) is 4.79 Å². The van der Waals surface area contributed by atoms with Crippen LogP contribution in [0.4, 0.5) is 4.39 Å². The smallest absolute Gasteiger partial charge is 0.478 e. The van der Waals surface area contributed by atoms with Crippen LogP contribution in [0, 0.1) is 5.82 Å². The lowest BCUT2D eigenvalue weighted by atomic mass is 9.77. The number of hydrogen-bond acceptors (Lipinski definition) is 4. The predicted molar refractivity (Wildman–Crippen MR) is 106 cm³/mol. The average Bonchev–Trinajstić information content (AvgIpc) is 2.79. The molecule has 1 fully saturated rings. The number of halogens is 1. The van der Waals surface area contributed by atoms with E-state index >= 15 is 0 Å². The first-order valence-electron chi connectivity index (χ1n) is 8.92. The van der Waals surface area contributed by atoms with Crippen LogP contribution < -0.4 is 5.32 Å². The lowest BCUT2D eigenvalue weighted by Crippen LogP contribution is -2.41. The maximum absolute atomic E-state index is 13.9. The number of hydrogen-bond donors (Lipinski definition) is 2. The van der Waals surface area contributed by atoms with Crippen LogP contribution in [0.25, 0.3) is 12.2 Å². The molecule has 0 atom stereocenters. The first-order valence-corrected chi connectivity index (χ1v) is 8.92. The van der Waals surface area contributed by atoms with Gasteiger partial charge in [-0.1, -0.05) is 12.1 Å². The molecule has 1 heterocycles.